The van der Waals surface area contributed by atoms with Gasteiger partial charge in [-0.1, -0.05) is 135 Å². The monoisotopic (exact) mass is 888 g/mol. The van der Waals surface area contributed by atoms with E-state index in [0.29, 0.717) is 0 Å². The van der Waals surface area contributed by atoms with E-state index in [-0.39, 0.29) is 23.1 Å². The van der Waals surface area contributed by atoms with Crippen LogP contribution in [0.4, 0.5) is 11.4 Å². The molecule has 4 aromatic heterocycles. The molecule has 0 amide bonds. The van der Waals surface area contributed by atoms with E-state index < -0.39 is 0 Å². The highest BCUT2D eigenvalue weighted by Gasteiger charge is 2.46. The molecule has 12 aromatic rings. The maximum absolute atomic E-state index is 7.27. The van der Waals surface area contributed by atoms with Crippen LogP contribution in [0, 0.1) is 0 Å². The number of anilines is 2. The van der Waals surface area contributed by atoms with Crippen LogP contribution in [0.25, 0.3) is 101 Å². The van der Waals surface area contributed by atoms with Gasteiger partial charge in [-0.3, -0.25) is 0 Å². The zero-order valence-corrected chi connectivity index (χ0v) is 40.5. The molecule has 0 saturated carbocycles. The Morgan fingerprint density at radius 1 is 0.485 bits per heavy atom. The molecule has 14 rings (SSSR count). The van der Waals surface area contributed by atoms with Gasteiger partial charge in [0.15, 0.2) is 0 Å². The first-order valence-corrected chi connectivity index (χ1v) is 25.1. The molecule has 8 aromatic carbocycles. The van der Waals surface area contributed by atoms with Crippen LogP contribution in [-0.2, 0) is 16.2 Å². The SMILES string of the molecule is CC(C)(C)c1ccc(N2B3c4cc5c(cc4-n4c6ccc(C(C)(C)C)cc6c6c7oc8ccccc8c7c(c3c64)-c3cc4c(cc32)sc2cc(C(C)(C)C)ccc24)sc2ccccc25)cc1. The summed E-state index contributed by atoms with van der Waals surface area (Å²) in [6.07, 6.45) is 0. The summed E-state index contributed by atoms with van der Waals surface area (Å²) in [5.74, 6) is 0. The molecule has 0 N–H and O–H groups in total. The van der Waals surface area contributed by atoms with E-state index in [2.05, 4.69) is 205 Å². The van der Waals surface area contributed by atoms with Crippen molar-refractivity contribution < 1.29 is 4.42 Å². The number of para-hydroxylation sites is 1. The number of furan rings is 1. The summed E-state index contributed by atoms with van der Waals surface area (Å²) in [6.45, 7) is 20.7. The van der Waals surface area contributed by atoms with E-state index in [9.17, 15) is 0 Å². The molecule has 0 radical (unpaired) electrons. The Hall–Kier alpha value is -6.34. The molecule has 0 fully saturated rings. The summed E-state index contributed by atoms with van der Waals surface area (Å²) in [4.78, 5) is 2.71. The van der Waals surface area contributed by atoms with Crippen molar-refractivity contribution in [3.8, 4) is 16.8 Å². The van der Waals surface area contributed by atoms with Crippen LogP contribution in [0.2, 0.25) is 0 Å². The van der Waals surface area contributed by atoms with Gasteiger partial charge in [-0.25, -0.2) is 0 Å². The third kappa shape index (κ3) is 5.15. The van der Waals surface area contributed by atoms with Crippen LogP contribution >= 0.6 is 22.7 Å². The molecule has 66 heavy (non-hydrogen) atoms. The lowest BCUT2D eigenvalue weighted by Gasteiger charge is -2.42. The molecule has 0 bridgehead atoms. The average Bonchev–Trinajstić information content (AvgIpc) is 4.04. The highest BCUT2D eigenvalue weighted by molar-refractivity contribution is 7.26. The number of thiophene rings is 2. The summed E-state index contributed by atoms with van der Waals surface area (Å²) in [7, 11) is 0. The van der Waals surface area contributed by atoms with Crippen molar-refractivity contribution in [2.24, 2.45) is 0 Å². The Morgan fingerprint density at radius 2 is 1.09 bits per heavy atom. The first kappa shape index (κ1) is 38.9. The topological polar surface area (TPSA) is 21.3 Å². The van der Waals surface area contributed by atoms with Gasteiger partial charge in [0.1, 0.15) is 11.2 Å². The van der Waals surface area contributed by atoms with Gasteiger partial charge in [0, 0.05) is 79.1 Å². The zero-order chi connectivity index (χ0) is 44.9. The fourth-order valence-electron chi connectivity index (χ4n) is 11.6. The highest BCUT2D eigenvalue weighted by Crippen LogP contribution is 2.54. The Bertz CT molecular complexity index is 4120. The minimum atomic E-state index is -0.134. The Balaban J connectivity index is 1.22. The number of fused-ring (bicyclic) bond motifs is 19. The van der Waals surface area contributed by atoms with E-state index in [1.54, 1.807) is 0 Å². The first-order valence-electron chi connectivity index (χ1n) is 23.4. The fourth-order valence-corrected chi connectivity index (χ4v) is 13.9. The van der Waals surface area contributed by atoms with Crippen molar-refractivity contribution in [1.29, 1.82) is 0 Å². The lowest BCUT2D eigenvalue weighted by Crippen LogP contribution is -2.60. The van der Waals surface area contributed by atoms with Gasteiger partial charge in [-0.05, 0) is 110 Å². The molecule has 6 heteroatoms. The van der Waals surface area contributed by atoms with Crippen LogP contribution in [0.5, 0.6) is 0 Å². The second-order valence-corrected chi connectivity index (χ2v) is 24.3. The van der Waals surface area contributed by atoms with Crippen molar-refractivity contribution in [3.63, 3.8) is 0 Å². The van der Waals surface area contributed by atoms with E-state index >= 15 is 0 Å². The molecule has 2 aliphatic heterocycles. The number of benzene rings is 8. The lowest BCUT2D eigenvalue weighted by atomic mass is 9.43. The van der Waals surface area contributed by atoms with Crippen LogP contribution in [-0.4, -0.2) is 11.4 Å². The summed E-state index contributed by atoms with van der Waals surface area (Å²) in [6, 6.07) is 51.7. The summed E-state index contributed by atoms with van der Waals surface area (Å²) >= 11 is 3.83. The molecule has 0 atom stereocenters. The standard InChI is InChI=1S/C60H49BN2OS2/c1-58(2,3)32-18-22-35(23-19-32)63-45-30-50-39(37-24-20-34(60(7,8)9)27-49(37)66-50)28-42(45)52-53-38-15-10-12-16-47(38)64-57(53)54-41-26-33(59(4,5)6)21-25-44(41)62-46-31-51-40(36-14-11-13-17-48(36)65-51)29-43(46)61(63)55(52)56(54)62/h10-31H,1-9H3. The number of hydrogen-bond donors (Lipinski definition) is 0. The quantitative estimate of drug-likeness (QED) is 0.153. The van der Waals surface area contributed by atoms with E-state index in [1.807, 2.05) is 22.7 Å². The molecule has 0 unspecified atom stereocenters. The molecule has 0 aliphatic carbocycles. The van der Waals surface area contributed by atoms with Gasteiger partial charge in [0.05, 0.1) is 16.4 Å². The number of aromatic nitrogens is 1. The van der Waals surface area contributed by atoms with Gasteiger partial charge in [-0.2, -0.15) is 0 Å². The Kier molecular flexibility index (Phi) is 7.52. The van der Waals surface area contributed by atoms with Crippen LogP contribution in [0.15, 0.2) is 138 Å². The van der Waals surface area contributed by atoms with Gasteiger partial charge in [0.25, 0.3) is 0 Å². The Morgan fingerprint density at radius 3 is 1.85 bits per heavy atom. The Labute approximate surface area is 393 Å². The average molecular weight is 889 g/mol. The van der Waals surface area contributed by atoms with Crippen LogP contribution in [0.1, 0.15) is 79.0 Å². The smallest absolute Gasteiger partial charge is 0.333 e. The number of nitrogens with zero attached hydrogens (tertiary/aromatic N) is 2. The minimum Gasteiger partial charge on any atom is -0.455 e. The number of hydrogen-bond acceptors (Lipinski definition) is 4. The third-order valence-electron chi connectivity index (χ3n) is 15.0. The molecular formula is C60H49BN2OS2. The van der Waals surface area contributed by atoms with Crippen LogP contribution in [0.3, 0.4) is 0 Å². The van der Waals surface area contributed by atoms with Crippen molar-refractivity contribution in [2.45, 2.75) is 78.6 Å². The molecule has 320 valence electrons. The predicted octanol–water partition coefficient (Wildman–Crippen LogP) is 16.5. The third-order valence-corrected chi connectivity index (χ3v) is 17.3. The molecule has 0 spiro atoms. The van der Waals surface area contributed by atoms with Crippen LogP contribution < -0.4 is 15.7 Å². The molecular weight excluding hydrogens is 840 g/mol. The molecule has 6 heterocycles. The van der Waals surface area contributed by atoms with Gasteiger partial charge < -0.3 is 13.8 Å². The van der Waals surface area contributed by atoms with Gasteiger partial charge >= 0.3 is 6.85 Å². The minimum absolute atomic E-state index is 0.0239. The van der Waals surface area contributed by atoms with Crippen molar-refractivity contribution in [1.82, 2.24) is 4.57 Å². The molecule has 3 nitrogen and oxygen atoms in total. The van der Waals surface area contributed by atoms with Crippen molar-refractivity contribution in [2.75, 3.05) is 4.81 Å². The second kappa shape index (κ2) is 12.8. The second-order valence-electron chi connectivity index (χ2n) is 22.1. The normalized spacial score (nSPS) is 14.1. The van der Waals surface area contributed by atoms with Gasteiger partial charge in [-0.15, -0.1) is 22.7 Å². The van der Waals surface area contributed by atoms with Crippen molar-refractivity contribution in [3.05, 3.63) is 150 Å². The fraction of sp³-hybridized carbons (Fsp3) is 0.200. The zero-order valence-electron chi connectivity index (χ0n) is 38.9. The van der Waals surface area contributed by atoms with Gasteiger partial charge in [0.2, 0.25) is 0 Å². The largest absolute Gasteiger partial charge is 0.455 e. The summed E-state index contributed by atoms with van der Waals surface area (Å²) in [5, 5.41) is 10.1. The maximum atomic E-state index is 7.27. The highest BCUT2D eigenvalue weighted by atomic mass is 32.1. The summed E-state index contributed by atoms with van der Waals surface area (Å²) in [5.41, 5.74) is 17.3. The number of rotatable bonds is 1. The predicted molar refractivity (Wildman–Crippen MR) is 289 cm³/mol. The lowest BCUT2D eigenvalue weighted by molar-refractivity contribution is 0.590. The maximum Gasteiger partial charge on any atom is 0.333 e. The van der Waals surface area contributed by atoms with E-state index in [4.69, 9.17) is 4.42 Å². The molecule has 2 aliphatic rings. The molecule has 0 saturated heterocycles. The first-order chi connectivity index (χ1) is 31.6. The van der Waals surface area contributed by atoms with E-state index in [0.717, 1.165) is 16.6 Å². The van der Waals surface area contributed by atoms with E-state index in [1.165, 1.54) is 123 Å². The summed E-state index contributed by atoms with van der Waals surface area (Å²) < 4.78 is 15.2. The van der Waals surface area contributed by atoms with Crippen molar-refractivity contribution >= 4 is 136 Å².